The molecule has 2 aromatic rings. The van der Waals surface area contributed by atoms with Crippen molar-refractivity contribution in [1.82, 2.24) is 25.8 Å². The number of hydrogen-bond acceptors (Lipinski definition) is 6. The zero-order valence-corrected chi connectivity index (χ0v) is 11.2. The molecule has 0 radical (unpaired) electrons. The van der Waals surface area contributed by atoms with Crippen LogP contribution < -0.4 is 10.6 Å². The Morgan fingerprint density at radius 3 is 2.76 bits per heavy atom. The number of rotatable bonds is 5. The molecular weight excluding hydrogens is 278 g/mol. The Labute approximate surface area is 119 Å². The van der Waals surface area contributed by atoms with Gasteiger partial charge in [0.2, 0.25) is 5.89 Å². The molecule has 0 spiro atoms. The van der Waals surface area contributed by atoms with Gasteiger partial charge < -0.3 is 20.3 Å². The molecule has 2 rings (SSSR count). The Morgan fingerprint density at radius 2 is 2.10 bits per heavy atom. The average Bonchev–Trinajstić information content (AvgIpc) is 2.89. The molecule has 2 aromatic heterocycles. The summed E-state index contributed by atoms with van der Waals surface area (Å²) in [6.45, 7) is 1.89. The van der Waals surface area contributed by atoms with Crippen molar-refractivity contribution in [2.24, 2.45) is 0 Å². The van der Waals surface area contributed by atoms with Crippen molar-refractivity contribution in [1.29, 1.82) is 0 Å². The van der Waals surface area contributed by atoms with Crippen LogP contribution in [0.4, 0.5) is 4.79 Å². The van der Waals surface area contributed by atoms with Crippen LogP contribution in [0, 0.1) is 6.92 Å². The zero-order chi connectivity index (χ0) is 15.2. The number of carbonyl (C=O) groups excluding carboxylic acids is 1. The van der Waals surface area contributed by atoms with Crippen molar-refractivity contribution in [3.63, 3.8) is 0 Å². The van der Waals surface area contributed by atoms with E-state index in [1.807, 2.05) is 0 Å². The van der Waals surface area contributed by atoms with E-state index >= 15 is 0 Å². The van der Waals surface area contributed by atoms with Crippen LogP contribution in [0.3, 0.4) is 0 Å². The van der Waals surface area contributed by atoms with E-state index in [0.29, 0.717) is 17.4 Å². The maximum absolute atomic E-state index is 11.6. The first kappa shape index (κ1) is 14.4. The van der Waals surface area contributed by atoms with Gasteiger partial charge in [0, 0.05) is 13.1 Å². The summed E-state index contributed by atoms with van der Waals surface area (Å²) in [5.41, 5.74) is 0.560. The topological polar surface area (TPSA) is 130 Å². The van der Waals surface area contributed by atoms with Crippen molar-refractivity contribution in [3.8, 4) is 0 Å². The maximum Gasteiger partial charge on any atom is 0.335 e. The highest BCUT2D eigenvalue weighted by Crippen LogP contribution is 2.01. The Hall–Kier alpha value is -2.97. The molecule has 2 amide bonds. The lowest BCUT2D eigenvalue weighted by molar-refractivity contribution is 0.0696. The summed E-state index contributed by atoms with van der Waals surface area (Å²) in [6.07, 6.45) is 1.38. The standard InChI is InChI=1S/C12H13N5O4/c1-7-16-10(17-21-7)6-15-12(20)14-5-9-4-8(11(18)19)2-3-13-9/h2-4H,5-6H2,1H3,(H,18,19)(H2,14,15,20). The number of nitrogens with one attached hydrogen (secondary N) is 2. The van der Waals surface area contributed by atoms with E-state index in [0.717, 1.165) is 0 Å². The molecule has 0 saturated heterocycles. The van der Waals surface area contributed by atoms with Gasteiger partial charge in [-0.25, -0.2) is 9.59 Å². The van der Waals surface area contributed by atoms with Crippen LogP contribution in [0.1, 0.15) is 27.8 Å². The number of aryl methyl sites for hydroxylation is 1. The molecule has 110 valence electrons. The van der Waals surface area contributed by atoms with E-state index in [2.05, 4.69) is 25.8 Å². The van der Waals surface area contributed by atoms with Gasteiger partial charge in [0.05, 0.1) is 24.3 Å². The molecule has 0 aliphatic heterocycles. The minimum absolute atomic E-state index is 0.109. The van der Waals surface area contributed by atoms with Crippen molar-refractivity contribution in [2.45, 2.75) is 20.0 Å². The lowest BCUT2D eigenvalue weighted by atomic mass is 10.2. The Kier molecular flexibility index (Phi) is 4.44. The van der Waals surface area contributed by atoms with E-state index < -0.39 is 12.0 Å². The second-order valence-electron chi connectivity index (χ2n) is 4.11. The molecule has 9 heteroatoms. The number of hydrogen-bond donors (Lipinski definition) is 3. The van der Waals surface area contributed by atoms with Gasteiger partial charge >= 0.3 is 12.0 Å². The highest BCUT2D eigenvalue weighted by Gasteiger charge is 2.07. The van der Waals surface area contributed by atoms with Crippen LogP contribution >= 0.6 is 0 Å². The molecule has 9 nitrogen and oxygen atoms in total. The Morgan fingerprint density at radius 1 is 1.33 bits per heavy atom. The predicted molar refractivity (Wildman–Crippen MR) is 69.3 cm³/mol. The third kappa shape index (κ3) is 4.27. The third-order valence-corrected chi connectivity index (χ3v) is 2.47. The summed E-state index contributed by atoms with van der Waals surface area (Å²) in [4.78, 5) is 30.3. The molecule has 0 bridgehead atoms. The SMILES string of the molecule is Cc1nc(CNC(=O)NCc2cc(C(=O)O)ccn2)no1. The summed E-state index contributed by atoms with van der Waals surface area (Å²) in [7, 11) is 0. The van der Waals surface area contributed by atoms with E-state index in [4.69, 9.17) is 9.63 Å². The molecular formula is C12H13N5O4. The number of aromatic nitrogens is 3. The van der Waals surface area contributed by atoms with Gasteiger partial charge in [0.25, 0.3) is 0 Å². The lowest BCUT2D eigenvalue weighted by Crippen LogP contribution is -2.35. The molecule has 0 aliphatic rings. The number of carboxylic acid groups (broad SMARTS) is 1. The molecule has 3 N–H and O–H groups in total. The Bertz CT molecular complexity index is 655. The summed E-state index contributed by atoms with van der Waals surface area (Å²) >= 11 is 0. The van der Waals surface area contributed by atoms with E-state index in [1.54, 1.807) is 6.92 Å². The van der Waals surface area contributed by atoms with Gasteiger partial charge in [0.15, 0.2) is 5.82 Å². The smallest absolute Gasteiger partial charge is 0.335 e. The van der Waals surface area contributed by atoms with E-state index in [9.17, 15) is 9.59 Å². The second-order valence-corrected chi connectivity index (χ2v) is 4.11. The summed E-state index contributed by atoms with van der Waals surface area (Å²) in [5, 5.41) is 17.6. The minimum Gasteiger partial charge on any atom is -0.478 e. The lowest BCUT2D eigenvalue weighted by Gasteiger charge is -2.06. The molecule has 0 atom stereocenters. The fourth-order valence-corrected chi connectivity index (χ4v) is 1.51. The molecule has 0 unspecified atom stereocenters. The average molecular weight is 291 g/mol. The van der Waals surface area contributed by atoms with Gasteiger partial charge in [-0.2, -0.15) is 4.98 Å². The predicted octanol–water partition coefficient (Wildman–Crippen LogP) is 0.471. The molecule has 0 aromatic carbocycles. The molecule has 2 heterocycles. The van der Waals surface area contributed by atoms with E-state index in [1.165, 1.54) is 18.3 Å². The van der Waals surface area contributed by atoms with Gasteiger partial charge in [-0.15, -0.1) is 0 Å². The quantitative estimate of drug-likeness (QED) is 0.729. The van der Waals surface area contributed by atoms with Gasteiger partial charge in [-0.1, -0.05) is 5.16 Å². The summed E-state index contributed by atoms with van der Waals surface area (Å²) < 4.78 is 4.76. The van der Waals surface area contributed by atoms with Gasteiger partial charge in [0.1, 0.15) is 0 Å². The molecule has 0 fully saturated rings. The van der Waals surface area contributed by atoms with Crippen LogP contribution in [-0.2, 0) is 13.1 Å². The van der Waals surface area contributed by atoms with Crippen molar-refractivity contribution < 1.29 is 19.2 Å². The van der Waals surface area contributed by atoms with E-state index in [-0.39, 0.29) is 18.7 Å². The zero-order valence-electron chi connectivity index (χ0n) is 11.2. The van der Waals surface area contributed by atoms with Crippen LogP contribution in [0.25, 0.3) is 0 Å². The summed E-state index contributed by atoms with van der Waals surface area (Å²) in [6, 6.07) is 2.33. The maximum atomic E-state index is 11.6. The van der Waals surface area contributed by atoms with Crippen LogP contribution in [0.2, 0.25) is 0 Å². The number of pyridine rings is 1. The van der Waals surface area contributed by atoms with Crippen molar-refractivity contribution in [2.75, 3.05) is 0 Å². The van der Waals surface area contributed by atoms with Crippen LogP contribution in [0.15, 0.2) is 22.9 Å². The number of nitrogens with zero attached hydrogens (tertiary/aromatic N) is 3. The monoisotopic (exact) mass is 291 g/mol. The minimum atomic E-state index is -1.05. The van der Waals surface area contributed by atoms with Gasteiger partial charge in [-0.3, -0.25) is 4.98 Å². The third-order valence-electron chi connectivity index (χ3n) is 2.47. The number of carbonyl (C=O) groups is 2. The summed E-state index contributed by atoms with van der Waals surface area (Å²) in [5.74, 6) is -0.258. The Balaban J connectivity index is 1.81. The van der Waals surface area contributed by atoms with Crippen molar-refractivity contribution in [3.05, 3.63) is 41.3 Å². The first-order chi connectivity index (χ1) is 10.0. The largest absolute Gasteiger partial charge is 0.478 e. The van der Waals surface area contributed by atoms with Crippen LogP contribution in [0.5, 0.6) is 0 Å². The normalized spacial score (nSPS) is 10.1. The molecule has 21 heavy (non-hydrogen) atoms. The molecule has 0 saturated carbocycles. The van der Waals surface area contributed by atoms with Crippen molar-refractivity contribution >= 4 is 12.0 Å². The highest BCUT2D eigenvalue weighted by molar-refractivity contribution is 5.87. The first-order valence-electron chi connectivity index (χ1n) is 6.03. The number of urea groups is 1. The second kappa shape index (κ2) is 6.46. The number of amides is 2. The number of carboxylic acids is 1. The fraction of sp³-hybridized carbons (Fsp3) is 0.250. The fourth-order valence-electron chi connectivity index (χ4n) is 1.51. The van der Waals surface area contributed by atoms with Crippen LogP contribution in [-0.4, -0.2) is 32.2 Å². The highest BCUT2D eigenvalue weighted by atomic mass is 16.5. The van der Waals surface area contributed by atoms with Gasteiger partial charge in [-0.05, 0) is 12.1 Å². The first-order valence-corrected chi connectivity index (χ1v) is 6.03. The molecule has 0 aliphatic carbocycles. The number of aromatic carboxylic acids is 1.